The molecule has 0 fully saturated rings. The monoisotopic (exact) mass is 216 g/mol. The second-order valence-electron chi connectivity index (χ2n) is 3.60. The lowest BCUT2D eigenvalue weighted by Crippen LogP contribution is -2.21. The Kier molecular flexibility index (Phi) is 2.48. The predicted octanol–water partition coefficient (Wildman–Crippen LogP) is 2.24. The van der Waals surface area contributed by atoms with E-state index in [2.05, 4.69) is 5.10 Å². The molecule has 0 atom stereocenters. The first-order chi connectivity index (χ1) is 7.61. The van der Waals surface area contributed by atoms with Crippen molar-refractivity contribution >= 4 is 17.3 Å². The SMILES string of the molecule is CC1=NN(c2ccccc2)C(=O)/C1=C(/C)O. The summed E-state index contributed by atoms with van der Waals surface area (Å²) >= 11 is 0. The van der Waals surface area contributed by atoms with E-state index < -0.39 is 0 Å². The molecule has 1 aliphatic rings. The summed E-state index contributed by atoms with van der Waals surface area (Å²) in [4.78, 5) is 12.0. The Morgan fingerprint density at radius 2 is 1.94 bits per heavy atom. The van der Waals surface area contributed by atoms with Gasteiger partial charge in [-0.15, -0.1) is 0 Å². The summed E-state index contributed by atoms with van der Waals surface area (Å²) in [5.41, 5.74) is 1.51. The molecule has 0 saturated carbocycles. The van der Waals surface area contributed by atoms with Crippen molar-refractivity contribution in [1.82, 2.24) is 0 Å². The first-order valence-electron chi connectivity index (χ1n) is 4.96. The number of hydrogen-bond donors (Lipinski definition) is 1. The lowest BCUT2D eigenvalue weighted by molar-refractivity contribution is -0.114. The van der Waals surface area contributed by atoms with Crippen LogP contribution in [-0.4, -0.2) is 16.7 Å². The molecule has 0 unspecified atom stereocenters. The number of benzene rings is 1. The highest BCUT2D eigenvalue weighted by Gasteiger charge is 2.30. The fourth-order valence-electron chi connectivity index (χ4n) is 1.67. The van der Waals surface area contributed by atoms with Crippen LogP contribution in [0.2, 0.25) is 0 Å². The van der Waals surface area contributed by atoms with Gasteiger partial charge in [0.15, 0.2) is 0 Å². The van der Waals surface area contributed by atoms with Crippen LogP contribution in [0.3, 0.4) is 0 Å². The van der Waals surface area contributed by atoms with Crippen molar-refractivity contribution < 1.29 is 9.90 Å². The van der Waals surface area contributed by atoms with Gasteiger partial charge in [-0.25, -0.2) is 0 Å². The molecule has 1 heterocycles. The molecule has 0 aromatic heterocycles. The van der Waals surface area contributed by atoms with Gasteiger partial charge in [-0.3, -0.25) is 4.79 Å². The number of hydrazone groups is 1. The maximum absolute atomic E-state index is 12.0. The number of hydrogen-bond acceptors (Lipinski definition) is 3. The standard InChI is InChI=1S/C12H12N2O2/c1-8-11(9(2)15)12(16)14(13-8)10-6-4-3-5-7-10/h3-7,15H,1-2H3/b11-9-. The van der Waals surface area contributed by atoms with Crippen LogP contribution in [0.25, 0.3) is 0 Å². The Bertz CT molecular complexity index is 485. The Morgan fingerprint density at radius 1 is 1.31 bits per heavy atom. The van der Waals surface area contributed by atoms with E-state index in [0.29, 0.717) is 11.4 Å². The summed E-state index contributed by atoms with van der Waals surface area (Å²) in [6.45, 7) is 3.19. The summed E-state index contributed by atoms with van der Waals surface area (Å²) in [5.74, 6) is -0.284. The van der Waals surface area contributed by atoms with E-state index in [4.69, 9.17) is 0 Å². The summed E-state index contributed by atoms with van der Waals surface area (Å²) in [6, 6.07) is 9.13. The average molecular weight is 216 g/mol. The maximum atomic E-state index is 12.0. The van der Waals surface area contributed by atoms with Crippen LogP contribution in [0.5, 0.6) is 0 Å². The van der Waals surface area contributed by atoms with Gasteiger partial charge in [-0.1, -0.05) is 18.2 Å². The molecule has 4 nitrogen and oxygen atoms in total. The number of rotatable bonds is 1. The van der Waals surface area contributed by atoms with Crippen molar-refractivity contribution in [3.63, 3.8) is 0 Å². The van der Waals surface area contributed by atoms with E-state index in [1.54, 1.807) is 19.1 Å². The molecule has 82 valence electrons. The van der Waals surface area contributed by atoms with Gasteiger partial charge in [-0.2, -0.15) is 10.1 Å². The van der Waals surface area contributed by atoms with Gasteiger partial charge < -0.3 is 5.11 Å². The Balaban J connectivity index is 2.43. The Hall–Kier alpha value is -2.10. The van der Waals surface area contributed by atoms with E-state index in [0.717, 1.165) is 0 Å². The van der Waals surface area contributed by atoms with Crippen molar-refractivity contribution in [3.8, 4) is 0 Å². The van der Waals surface area contributed by atoms with Crippen LogP contribution < -0.4 is 5.01 Å². The second-order valence-corrected chi connectivity index (χ2v) is 3.60. The van der Waals surface area contributed by atoms with Crippen LogP contribution in [0.4, 0.5) is 5.69 Å². The summed E-state index contributed by atoms with van der Waals surface area (Å²) < 4.78 is 0. The van der Waals surface area contributed by atoms with Gasteiger partial charge in [0.05, 0.1) is 11.4 Å². The number of aliphatic hydroxyl groups excluding tert-OH is 1. The molecule has 0 bridgehead atoms. The van der Waals surface area contributed by atoms with E-state index in [1.807, 2.05) is 18.2 Å². The number of aliphatic hydroxyl groups is 1. The third-order valence-electron chi connectivity index (χ3n) is 2.38. The normalized spacial score (nSPS) is 18.8. The number of para-hydroxylation sites is 1. The molecule has 0 saturated heterocycles. The quantitative estimate of drug-likeness (QED) is 0.578. The van der Waals surface area contributed by atoms with Crippen LogP contribution in [0.15, 0.2) is 46.8 Å². The predicted molar refractivity (Wildman–Crippen MR) is 62.4 cm³/mol. The Morgan fingerprint density at radius 3 is 2.44 bits per heavy atom. The molecule has 2 rings (SSSR count). The number of carbonyl (C=O) groups is 1. The zero-order valence-corrected chi connectivity index (χ0v) is 9.14. The molecule has 0 spiro atoms. The highest BCUT2D eigenvalue weighted by molar-refractivity contribution is 6.29. The molecule has 0 radical (unpaired) electrons. The minimum Gasteiger partial charge on any atom is -0.512 e. The number of amides is 1. The van der Waals surface area contributed by atoms with E-state index in [1.165, 1.54) is 11.9 Å². The molecule has 1 amide bonds. The van der Waals surface area contributed by atoms with Gasteiger partial charge >= 0.3 is 0 Å². The molecule has 4 heteroatoms. The zero-order chi connectivity index (χ0) is 11.7. The van der Waals surface area contributed by atoms with Crippen molar-refractivity contribution in [2.24, 2.45) is 5.10 Å². The number of anilines is 1. The number of carbonyl (C=O) groups excluding carboxylic acids is 1. The third kappa shape index (κ3) is 1.58. The van der Waals surface area contributed by atoms with Gasteiger partial charge in [0.1, 0.15) is 11.3 Å². The highest BCUT2D eigenvalue weighted by atomic mass is 16.3. The van der Waals surface area contributed by atoms with Crippen molar-refractivity contribution in [2.45, 2.75) is 13.8 Å². The molecule has 1 aliphatic heterocycles. The molecule has 16 heavy (non-hydrogen) atoms. The molecule has 1 aromatic rings. The zero-order valence-electron chi connectivity index (χ0n) is 9.14. The minimum absolute atomic E-state index is 0.00433. The lowest BCUT2D eigenvalue weighted by atomic mass is 10.1. The van der Waals surface area contributed by atoms with Gasteiger partial charge in [0, 0.05) is 0 Å². The fraction of sp³-hybridized carbons (Fsp3) is 0.167. The largest absolute Gasteiger partial charge is 0.512 e. The maximum Gasteiger partial charge on any atom is 0.284 e. The fourth-order valence-corrected chi connectivity index (χ4v) is 1.67. The van der Waals surface area contributed by atoms with Crippen molar-refractivity contribution in [3.05, 3.63) is 41.7 Å². The smallest absolute Gasteiger partial charge is 0.284 e. The first-order valence-corrected chi connectivity index (χ1v) is 4.96. The van der Waals surface area contributed by atoms with Gasteiger partial charge in [0.25, 0.3) is 5.91 Å². The molecule has 0 aliphatic carbocycles. The van der Waals surface area contributed by atoms with Crippen LogP contribution >= 0.6 is 0 Å². The number of nitrogens with zero attached hydrogens (tertiary/aromatic N) is 2. The molecule has 1 N–H and O–H groups in total. The van der Waals surface area contributed by atoms with Crippen LogP contribution in [0, 0.1) is 0 Å². The first kappa shape index (κ1) is 10.4. The molecular weight excluding hydrogens is 204 g/mol. The van der Waals surface area contributed by atoms with E-state index >= 15 is 0 Å². The van der Waals surface area contributed by atoms with Crippen molar-refractivity contribution in [1.29, 1.82) is 0 Å². The third-order valence-corrected chi connectivity index (χ3v) is 2.38. The Labute approximate surface area is 93.5 Å². The van der Waals surface area contributed by atoms with Gasteiger partial charge in [0.2, 0.25) is 0 Å². The highest BCUT2D eigenvalue weighted by Crippen LogP contribution is 2.24. The molecule has 1 aromatic carbocycles. The summed E-state index contributed by atoms with van der Waals surface area (Å²) in [7, 11) is 0. The average Bonchev–Trinajstić information content (AvgIpc) is 2.55. The van der Waals surface area contributed by atoms with Crippen LogP contribution in [0.1, 0.15) is 13.8 Å². The van der Waals surface area contributed by atoms with E-state index in [9.17, 15) is 9.90 Å². The minimum atomic E-state index is -0.288. The van der Waals surface area contributed by atoms with E-state index in [-0.39, 0.29) is 17.2 Å². The van der Waals surface area contributed by atoms with Crippen LogP contribution in [-0.2, 0) is 4.79 Å². The number of allylic oxidation sites excluding steroid dienone is 1. The molecular formula is C12H12N2O2. The lowest BCUT2D eigenvalue weighted by Gasteiger charge is -2.10. The topological polar surface area (TPSA) is 52.9 Å². The van der Waals surface area contributed by atoms with Gasteiger partial charge in [-0.05, 0) is 26.0 Å². The summed E-state index contributed by atoms with van der Waals surface area (Å²) in [6.07, 6.45) is 0. The second kappa shape index (κ2) is 3.81. The van der Waals surface area contributed by atoms with Crippen molar-refractivity contribution in [2.75, 3.05) is 5.01 Å². The summed E-state index contributed by atoms with van der Waals surface area (Å²) in [5, 5.41) is 14.8.